The van der Waals surface area contributed by atoms with E-state index in [2.05, 4.69) is 4.98 Å². The summed E-state index contributed by atoms with van der Waals surface area (Å²) in [6.07, 6.45) is 2.91. The summed E-state index contributed by atoms with van der Waals surface area (Å²) in [5.41, 5.74) is 1.96. The molecular formula is C11H13N3O3S. The molecule has 1 aromatic heterocycles. The van der Waals surface area contributed by atoms with Crippen LogP contribution >= 0.6 is 12.2 Å². The molecular weight excluding hydrogens is 254 g/mol. The third kappa shape index (κ3) is 2.27. The highest BCUT2D eigenvalue weighted by Crippen LogP contribution is 2.20. The van der Waals surface area contributed by atoms with E-state index in [1.165, 1.54) is 4.90 Å². The zero-order chi connectivity index (χ0) is 13.1. The number of carbonyl (C=O) groups is 2. The highest BCUT2D eigenvalue weighted by atomic mass is 32.1. The van der Waals surface area contributed by atoms with Crippen molar-refractivity contribution in [3.05, 3.63) is 28.5 Å². The lowest BCUT2D eigenvalue weighted by molar-refractivity contribution is -0.133. The van der Waals surface area contributed by atoms with Crippen LogP contribution in [0.5, 0.6) is 0 Å². The summed E-state index contributed by atoms with van der Waals surface area (Å²) in [7, 11) is 0. The van der Waals surface area contributed by atoms with Crippen LogP contribution in [0.2, 0.25) is 0 Å². The van der Waals surface area contributed by atoms with Crippen molar-refractivity contribution in [2.24, 2.45) is 0 Å². The monoisotopic (exact) mass is 267 g/mol. The van der Waals surface area contributed by atoms with Crippen molar-refractivity contribution in [3.8, 4) is 0 Å². The Morgan fingerprint density at radius 3 is 3.00 bits per heavy atom. The predicted molar refractivity (Wildman–Crippen MR) is 65.6 cm³/mol. The fraction of sp³-hybridized carbons (Fsp3) is 0.364. The fourth-order valence-corrected chi connectivity index (χ4v) is 2.32. The van der Waals surface area contributed by atoms with Crippen LogP contribution in [0.4, 0.5) is 0 Å². The van der Waals surface area contributed by atoms with Crippen molar-refractivity contribution in [2.45, 2.75) is 18.9 Å². The molecule has 0 spiro atoms. The summed E-state index contributed by atoms with van der Waals surface area (Å²) < 4.78 is 0.345. The van der Waals surface area contributed by atoms with Gasteiger partial charge in [0, 0.05) is 12.7 Å². The van der Waals surface area contributed by atoms with Crippen LogP contribution in [0, 0.1) is 4.64 Å². The normalized spacial score (nSPS) is 18.7. The largest absolute Gasteiger partial charge is 0.352 e. The molecule has 0 radical (unpaired) electrons. The number of aromatic nitrogens is 1. The number of amides is 2. The average molecular weight is 267 g/mol. The van der Waals surface area contributed by atoms with Gasteiger partial charge in [-0.15, -0.1) is 0 Å². The molecule has 1 aliphatic heterocycles. The van der Waals surface area contributed by atoms with Gasteiger partial charge in [0.1, 0.15) is 10.7 Å². The first-order chi connectivity index (χ1) is 8.65. The number of H-pyrrole nitrogens is 1. The van der Waals surface area contributed by atoms with E-state index >= 15 is 0 Å². The van der Waals surface area contributed by atoms with E-state index in [9.17, 15) is 9.59 Å². The topological polar surface area (TPSA) is 85.4 Å². The van der Waals surface area contributed by atoms with Crippen LogP contribution in [0.3, 0.4) is 0 Å². The van der Waals surface area contributed by atoms with Crippen molar-refractivity contribution in [3.63, 3.8) is 0 Å². The van der Waals surface area contributed by atoms with Crippen LogP contribution in [-0.2, 0) is 4.79 Å². The Kier molecular flexibility index (Phi) is 3.73. The SMILES string of the molecule is O=C(NO)C1CCCN1C(=O)c1ccc[nH]c1=S. The van der Waals surface area contributed by atoms with Gasteiger partial charge < -0.3 is 9.88 Å². The molecule has 2 heterocycles. The zero-order valence-electron chi connectivity index (χ0n) is 9.55. The Labute approximate surface area is 109 Å². The van der Waals surface area contributed by atoms with Crippen molar-refractivity contribution >= 4 is 24.0 Å². The standard InChI is InChI=1S/C11H13N3O3S/c15-9(13-17)8-4-2-6-14(8)11(16)7-3-1-5-12-10(7)18/h1,3,5,8,17H,2,4,6H2,(H,12,18)(H,13,15). The first-order valence-corrected chi connectivity index (χ1v) is 5.98. The molecule has 0 saturated carbocycles. The van der Waals surface area contributed by atoms with Gasteiger partial charge in [0.2, 0.25) is 0 Å². The molecule has 1 fully saturated rings. The van der Waals surface area contributed by atoms with Gasteiger partial charge in [0.05, 0.1) is 5.56 Å². The third-order valence-corrected chi connectivity index (χ3v) is 3.31. The van der Waals surface area contributed by atoms with E-state index in [4.69, 9.17) is 17.4 Å². The van der Waals surface area contributed by atoms with Crippen LogP contribution in [0.25, 0.3) is 0 Å². The lowest BCUT2D eigenvalue weighted by Gasteiger charge is -2.22. The van der Waals surface area contributed by atoms with E-state index in [0.29, 0.717) is 23.2 Å². The zero-order valence-corrected chi connectivity index (χ0v) is 10.4. The van der Waals surface area contributed by atoms with Gasteiger partial charge in [-0.25, -0.2) is 5.48 Å². The highest BCUT2D eigenvalue weighted by molar-refractivity contribution is 7.71. The van der Waals surface area contributed by atoms with Gasteiger partial charge in [-0.1, -0.05) is 12.2 Å². The lowest BCUT2D eigenvalue weighted by Crippen LogP contribution is -2.45. The molecule has 0 aliphatic carbocycles. The maximum Gasteiger partial charge on any atom is 0.266 e. The van der Waals surface area contributed by atoms with E-state index in [1.807, 2.05) is 0 Å². The number of nitrogens with zero attached hydrogens (tertiary/aromatic N) is 1. The van der Waals surface area contributed by atoms with Gasteiger partial charge in [-0.05, 0) is 25.0 Å². The predicted octanol–water partition coefficient (Wildman–Crippen LogP) is 0.854. The second kappa shape index (κ2) is 5.28. The summed E-state index contributed by atoms with van der Waals surface area (Å²) in [6.45, 7) is 0.487. The minimum Gasteiger partial charge on any atom is -0.352 e. The molecule has 0 bridgehead atoms. The molecule has 96 valence electrons. The maximum atomic E-state index is 12.3. The number of hydroxylamine groups is 1. The van der Waals surface area contributed by atoms with Crippen molar-refractivity contribution < 1.29 is 14.8 Å². The Hall–Kier alpha value is -1.73. The van der Waals surface area contributed by atoms with Crippen LogP contribution in [0.1, 0.15) is 23.2 Å². The lowest BCUT2D eigenvalue weighted by atomic mass is 10.2. The van der Waals surface area contributed by atoms with Crippen molar-refractivity contribution in [1.82, 2.24) is 15.4 Å². The minimum atomic E-state index is -0.628. The molecule has 18 heavy (non-hydrogen) atoms. The van der Waals surface area contributed by atoms with E-state index in [1.54, 1.807) is 23.8 Å². The van der Waals surface area contributed by atoms with Gasteiger partial charge in [-0.3, -0.25) is 14.8 Å². The molecule has 6 nitrogen and oxygen atoms in total. The summed E-state index contributed by atoms with van der Waals surface area (Å²) in [5.74, 6) is -0.852. The number of hydrogen-bond donors (Lipinski definition) is 3. The van der Waals surface area contributed by atoms with E-state index in [-0.39, 0.29) is 5.91 Å². The molecule has 0 aromatic carbocycles. The summed E-state index contributed by atoms with van der Waals surface area (Å²) >= 11 is 5.04. The van der Waals surface area contributed by atoms with Gasteiger partial charge in [0.15, 0.2) is 0 Å². The van der Waals surface area contributed by atoms with Gasteiger partial charge in [-0.2, -0.15) is 0 Å². The molecule has 3 N–H and O–H groups in total. The quantitative estimate of drug-likeness (QED) is 0.421. The summed E-state index contributed by atoms with van der Waals surface area (Å²) in [6, 6.07) is 2.67. The molecule has 1 saturated heterocycles. The molecule has 7 heteroatoms. The minimum absolute atomic E-state index is 0.289. The number of pyridine rings is 1. The van der Waals surface area contributed by atoms with Crippen molar-refractivity contribution in [2.75, 3.05) is 6.54 Å². The van der Waals surface area contributed by atoms with Crippen LogP contribution in [0.15, 0.2) is 18.3 Å². The molecule has 2 rings (SSSR count). The molecule has 2 amide bonds. The number of nitrogens with one attached hydrogen (secondary N) is 2. The highest BCUT2D eigenvalue weighted by Gasteiger charge is 2.34. The third-order valence-electron chi connectivity index (χ3n) is 2.98. The molecule has 1 aliphatic rings. The van der Waals surface area contributed by atoms with Crippen LogP contribution < -0.4 is 5.48 Å². The second-order valence-electron chi connectivity index (χ2n) is 4.05. The number of hydrogen-bond acceptors (Lipinski definition) is 4. The number of rotatable bonds is 2. The maximum absolute atomic E-state index is 12.3. The second-order valence-corrected chi connectivity index (χ2v) is 4.45. The number of aromatic amines is 1. The number of likely N-dealkylation sites (tertiary alicyclic amines) is 1. The number of carbonyl (C=O) groups excluding carboxylic acids is 2. The smallest absolute Gasteiger partial charge is 0.266 e. The van der Waals surface area contributed by atoms with Crippen LogP contribution in [-0.4, -0.2) is 39.5 Å². The molecule has 1 atom stereocenters. The summed E-state index contributed by atoms with van der Waals surface area (Å²) in [4.78, 5) is 27.9. The Bertz CT molecular complexity index is 528. The molecule has 1 unspecified atom stereocenters. The Balaban J connectivity index is 2.26. The fourth-order valence-electron chi connectivity index (χ4n) is 2.10. The first kappa shape index (κ1) is 12.7. The van der Waals surface area contributed by atoms with E-state index < -0.39 is 11.9 Å². The summed E-state index contributed by atoms with van der Waals surface area (Å²) in [5, 5.41) is 8.66. The molecule has 1 aromatic rings. The van der Waals surface area contributed by atoms with E-state index in [0.717, 1.165) is 6.42 Å². The average Bonchev–Trinajstić information content (AvgIpc) is 2.86. The van der Waals surface area contributed by atoms with Gasteiger partial charge in [0.25, 0.3) is 11.8 Å². The Morgan fingerprint density at radius 1 is 1.56 bits per heavy atom. The Morgan fingerprint density at radius 2 is 2.33 bits per heavy atom. The first-order valence-electron chi connectivity index (χ1n) is 5.57. The van der Waals surface area contributed by atoms with Gasteiger partial charge >= 0.3 is 0 Å². The van der Waals surface area contributed by atoms with Crippen molar-refractivity contribution in [1.29, 1.82) is 0 Å².